The number of methoxy groups -OCH3 is 1. The second-order valence-electron chi connectivity index (χ2n) is 10.1. The van der Waals surface area contributed by atoms with Gasteiger partial charge in [0.25, 0.3) is 0 Å². The van der Waals surface area contributed by atoms with Crippen molar-refractivity contribution in [1.29, 1.82) is 5.41 Å². The summed E-state index contributed by atoms with van der Waals surface area (Å²) in [6, 6.07) is 18.2. The maximum atomic E-state index is 15.6. The van der Waals surface area contributed by atoms with E-state index in [9.17, 15) is 17.9 Å². The van der Waals surface area contributed by atoms with Gasteiger partial charge < -0.3 is 19.9 Å². The molecule has 0 spiro atoms. The average molecular weight is 559 g/mol. The van der Waals surface area contributed by atoms with E-state index in [0.29, 0.717) is 5.56 Å². The molecule has 10 heteroatoms. The monoisotopic (exact) mass is 558 g/mol. The summed E-state index contributed by atoms with van der Waals surface area (Å²) in [5.41, 5.74) is -0.763. The van der Waals surface area contributed by atoms with Crippen molar-refractivity contribution < 1.29 is 31.8 Å². The fourth-order valence-electron chi connectivity index (χ4n) is 4.89. The highest BCUT2D eigenvalue weighted by Crippen LogP contribution is 2.45. The molecular formula is C29H32F2N2O5S. The zero-order chi connectivity index (χ0) is 28.4. The van der Waals surface area contributed by atoms with Gasteiger partial charge in [-0.15, -0.1) is 0 Å². The number of benzene rings is 3. The van der Waals surface area contributed by atoms with E-state index in [4.69, 9.17) is 14.9 Å². The van der Waals surface area contributed by atoms with E-state index in [0.717, 1.165) is 11.6 Å². The van der Waals surface area contributed by atoms with Crippen LogP contribution in [-0.2, 0) is 26.7 Å². The van der Waals surface area contributed by atoms with Gasteiger partial charge >= 0.3 is 0 Å². The fourth-order valence-corrected chi connectivity index (χ4v) is 7.16. The maximum Gasteiger partial charge on any atom is 0.168 e. The van der Waals surface area contributed by atoms with Gasteiger partial charge in [-0.3, -0.25) is 5.41 Å². The third kappa shape index (κ3) is 5.41. The highest BCUT2D eigenvalue weighted by atomic mass is 32.2. The molecule has 0 radical (unpaired) electrons. The summed E-state index contributed by atoms with van der Waals surface area (Å²) >= 11 is 0. The van der Waals surface area contributed by atoms with Crippen LogP contribution in [0.25, 0.3) is 0 Å². The minimum absolute atomic E-state index is 0.0740. The first-order chi connectivity index (χ1) is 18.4. The standard InChI is InChI=1S/C29H32F2N2O5S/c1-28(2)27(32)33-29(18-38-17-19-7-5-4-6-8-19,23-15-22(37-3)13-14-24(23)31)26(39(28,35)36)16-25(34)20-9-11-21(30)12-10-20/h4-15,25-26,34H,16-18H2,1-3H3,(H2,32,33)/t25?,26?,29-/m1/s1. The van der Waals surface area contributed by atoms with Crippen molar-refractivity contribution in [2.45, 2.75) is 48.5 Å². The largest absolute Gasteiger partial charge is 0.497 e. The molecule has 7 nitrogen and oxygen atoms in total. The van der Waals surface area contributed by atoms with Crippen molar-refractivity contribution in [3.05, 3.63) is 101 Å². The van der Waals surface area contributed by atoms with E-state index in [1.54, 1.807) is 0 Å². The zero-order valence-corrected chi connectivity index (χ0v) is 22.8. The van der Waals surface area contributed by atoms with Crippen LogP contribution in [0.5, 0.6) is 5.75 Å². The van der Waals surface area contributed by atoms with Crippen LogP contribution < -0.4 is 10.1 Å². The Morgan fingerprint density at radius 1 is 1.05 bits per heavy atom. The summed E-state index contributed by atoms with van der Waals surface area (Å²) in [6.45, 7) is 2.54. The quantitative estimate of drug-likeness (QED) is 0.353. The van der Waals surface area contributed by atoms with E-state index in [1.165, 1.54) is 57.4 Å². The molecular weight excluding hydrogens is 526 g/mol. The van der Waals surface area contributed by atoms with Gasteiger partial charge in [0, 0.05) is 5.56 Å². The van der Waals surface area contributed by atoms with Crippen LogP contribution in [0.4, 0.5) is 8.78 Å². The van der Waals surface area contributed by atoms with Crippen LogP contribution >= 0.6 is 0 Å². The van der Waals surface area contributed by atoms with E-state index in [1.807, 2.05) is 30.3 Å². The molecule has 2 unspecified atom stereocenters. The first-order valence-corrected chi connectivity index (χ1v) is 14.0. The number of halogens is 2. The van der Waals surface area contributed by atoms with Gasteiger partial charge in [-0.05, 0) is 61.7 Å². The molecule has 208 valence electrons. The third-order valence-corrected chi connectivity index (χ3v) is 10.3. The van der Waals surface area contributed by atoms with Crippen molar-refractivity contribution in [2.24, 2.45) is 0 Å². The number of ether oxygens (including phenoxy) is 2. The zero-order valence-electron chi connectivity index (χ0n) is 21.9. The molecule has 0 aromatic heterocycles. The SMILES string of the molecule is COc1ccc(F)c([C@@]2(COCc3ccccc3)NC(=N)C(C)(C)S(=O)(=O)C2CC(O)c2ccc(F)cc2)c1. The van der Waals surface area contributed by atoms with Gasteiger partial charge in [0.15, 0.2) is 9.84 Å². The Morgan fingerprint density at radius 3 is 2.36 bits per heavy atom. The van der Waals surface area contributed by atoms with Crippen LogP contribution in [0.15, 0.2) is 72.8 Å². The number of hydrogen-bond donors (Lipinski definition) is 3. The molecule has 3 atom stereocenters. The summed E-state index contributed by atoms with van der Waals surface area (Å²) < 4.78 is 67.2. The second-order valence-corrected chi connectivity index (χ2v) is 12.8. The first kappa shape index (κ1) is 28.7. The molecule has 1 aliphatic heterocycles. The highest BCUT2D eigenvalue weighted by Gasteiger charge is 2.61. The topological polar surface area (TPSA) is 109 Å². The Kier molecular flexibility index (Phi) is 8.11. The van der Waals surface area contributed by atoms with Gasteiger partial charge in [-0.1, -0.05) is 42.5 Å². The number of sulfone groups is 1. The Balaban J connectivity index is 1.87. The van der Waals surface area contributed by atoms with E-state index >= 15 is 4.39 Å². The van der Waals surface area contributed by atoms with Crippen molar-refractivity contribution in [3.63, 3.8) is 0 Å². The molecule has 1 fully saturated rings. The lowest BCUT2D eigenvalue weighted by Crippen LogP contribution is -2.71. The van der Waals surface area contributed by atoms with Crippen molar-refractivity contribution in [1.82, 2.24) is 5.32 Å². The number of aliphatic hydroxyl groups is 1. The normalized spacial score (nSPS) is 22.6. The smallest absolute Gasteiger partial charge is 0.168 e. The molecule has 1 aliphatic rings. The van der Waals surface area contributed by atoms with Gasteiger partial charge in [0.05, 0.1) is 31.7 Å². The van der Waals surface area contributed by atoms with Crippen LogP contribution in [0.1, 0.15) is 43.1 Å². The van der Waals surface area contributed by atoms with Crippen LogP contribution in [0.3, 0.4) is 0 Å². The summed E-state index contributed by atoms with van der Waals surface area (Å²) in [7, 11) is -2.85. The molecule has 39 heavy (non-hydrogen) atoms. The third-order valence-electron chi connectivity index (χ3n) is 7.37. The van der Waals surface area contributed by atoms with E-state index in [-0.39, 0.29) is 36.8 Å². The molecule has 0 amide bonds. The van der Waals surface area contributed by atoms with Crippen molar-refractivity contribution in [3.8, 4) is 5.75 Å². The minimum Gasteiger partial charge on any atom is -0.497 e. The molecule has 4 rings (SSSR count). The first-order valence-electron chi connectivity index (χ1n) is 12.4. The van der Waals surface area contributed by atoms with Crippen LogP contribution in [0.2, 0.25) is 0 Å². The molecule has 3 N–H and O–H groups in total. The lowest BCUT2D eigenvalue weighted by Gasteiger charge is -2.50. The maximum absolute atomic E-state index is 15.6. The molecule has 3 aromatic carbocycles. The number of hydrogen-bond acceptors (Lipinski definition) is 6. The lowest BCUT2D eigenvalue weighted by molar-refractivity contribution is 0.0480. The highest BCUT2D eigenvalue weighted by molar-refractivity contribution is 7.94. The predicted octanol–water partition coefficient (Wildman–Crippen LogP) is 4.65. The fraction of sp³-hybridized carbons (Fsp3) is 0.345. The second kappa shape index (κ2) is 11.0. The number of amidine groups is 1. The molecule has 3 aromatic rings. The van der Waals surface area contributed by atoms with Crippen LogP contribution in [0, 0.1) is 17.0 Å². The summed E-state index contributed by atoms with van der Waals surface area (Å²) in [5, 5.41) is 21.4. The molecule has 0 aliphatic carbocycles. The van der Waals surface area contributed by atoms with Gasteiger partial charge in [0.1, 0.15) is 33.5 Å². The van der Waals surface area contributed by atoms with E-state index < -0.39 is 43.1 Å². The summed E-state index contributed by atoms with van der Waals surface area (Å²) in [5.74, 6) is -1.28. The average Bonchev–Trinajstić information content (AvgIpc) is 2.91. The Labute approximate surface area is 227 Å². The van der Waals surface area contributed by atoms with Gasteiger partial charge in [-0.2, -0.15) is 0 Å². The molecule has 1 heterocycles. The Morgan fingerprint density at radius 2 is 1.72 bits per heavy atom. The molecule has 0 saturated carbocycles. The minimum atomic E-state index is -4.26. The Hall–Kier alpha value is -3.34. The molecule has 1 saturated heterocycles. The van der Waals surface area contributed by atoms with Gasteiger partial charge in [-0.25, -0.2) is 17.2 Å². The lowest BCUT2D eigenvalue weighted by atomic mass is 9.82. The van der Waals surface area contributed by atoms with Crippen LogP contribution in [-0.4, -0.2) is 43.1 Å². The predicted molar refractivity (Wildman–Crippen MR) is 144 cm³/mol. The summed E-state index contributed by atoms with van der Waals surface area (Å²) in [4.78, 5) is 0. The molecule has 0 bridgehead atoms. The summed E-state index contributed by atoms with van der Waals surface area (Å²) in [6.07, 6.45) is -1.71. The van der Waals surface area contributed by atoms with E-state index in [2.05, 4.69) is 5.32 Å². The van der Waals surface area contributed by atoms with Crippen molar-refractivity contribution >= 4 is 15.7 Å². The van der Waals surface area contributed by atoms with Crippen molar-refractivity contribution in [2.75, 3.05) is 13.7 Å². The number of nitrogens with one attached hydrogen (secondary N) is 2. The number of rotatable bonds is 9. The number of aliphatic hydroxyl groups excluding tert-OH is 1. The van der Waals surface area contributed by atoms with Gasteiger partial charge in [0.2, 0.25) is 0 Å². The Bertz CT molecular complexity index is 1430.